The number of aryl methyl sites for hydroxylation is 1. The van der Waals surface area contributed by atoms with Crippen LogP contribution in [-0.2, 0) is 13.6 Å². The molecule has 1 atom stereocenters. The highest BCUT2D eigenvalue weighted by molar-refractivity contribution is 5.75. The van der Waals surface area contributed by atoms with Gasteiger partial charge in [0.2, 0.25) is 0 Å². The summed E-state index contributed by atoms with van der Waals surface area (Å²) in [6.45, 7) is 1.91. The van der Waals surface area contributed by atoms with Crippen molar-refractivity contribution in [2.24, 2.45) is 7.05 Å². The first kappa shape index (κ1) is 16.0. The van der Waals surface area contributed by atoms with Gasteiger partial charge in [-0.3, -0.25) is 9.88 Å². The van der Waals surface area contributed by atoms with Crippen LogP contribution in [0.1, 0.15) is 30.4 Å². The number of nitrogens with zero attached hydrogens (tertiary/aromatic N) is 6. The van der Waals surface area contributed by atoms with Crippen molar-refractivity contribution in [3.05, 3.63) is 48.2 Å². The molecule has 2 aromatic heterocycles. The van der Waals surface area contributed by atoms with Crippen LogP contribution in [0.15, 0.2) is 36.7 Å². The standard InChI is InChI=1S/C19H24N6/c1-23(2)18-12-20-11-15(22-18)17-9-6-10-25(17)13-19-21-14-7-4-5-8-16(14)24(19)3/h4-5,7-8,11-12,17H,6,9-10,13H2,1-3H3. The van der Waals surface area contributed by atoms with Crippen LogP contribution >= 0.6 is 0 Å². The lowest BCUT2D eigenvalue weighted by Crippen LogP contribution is -2.25. The van der Waals surface area contributed by atoms with E-state index < -0.39 is 0 Å². The highest BCUT2D eigenvalue weighted by Gasteiger charge is 2.29. The lowest BCUT2D eigenvalue weighted by molar-refractivity contribution is 0.236. The first-order valence-electron chi connectivity index (χ1n) is 8.77. The van der Waals surface area contributed by atoms with Gasteiger partial charge in [0.15, 0.2) is 0 Å². The second kappa shape index (κ2) is 6.44. The molecular weight excluding hydrogens is 312 g/mol. The Kier molecular flexibility index (Phi) is 4.13. The highest BCUT2D eigenvalue weighted by Crippen LogP contribution is 2.32. The van der Waals surface area contributed by atoms with Crippen LogP contribution in [-0.4, -0.2) is 45.1 Å². The van der Waals surface area contributed by atoms with E-state index in [0.717, 1.165) is 42.4 Å². The fraction of sp³-hybridized carbons (Fsp3) is 0.421. The van der Waals surface area contributed by atoms with Crippen molar-refractivity contribution < 1.29 is 0 Å². The molecule has 1 aliphatic rings. The normalized spacial score (nSPS) is 18.1. The van der Waals surface area contributed by atoms with E-state index in [-0.39, 0.29) is 0 Å². The van der Waals surface area contributed by atoms with Crippen molar-refractivity contribution in [2.75, 3.05) is 25.5 Å². The molecule has 3 aromatic rings. The van der Waals surface area contributed by atoms with Gasteiger partial charge in [0.25, 0.3) is 0 Å². The molecule has 6 heteroatoms. The van der Waals surface area contributed by atoms with Gasteiger partial charge in [-0.05, 0) is 31.5 Å². The van der Waals surface area contributed by atoms with Crippen LogP contribution in [0.25, 0.3) is 11.0 Å². The SMILES string of the molecule is CN(C)c1cncc(C2CCCN2Cc2nc3ccccc3n2C)n1. The molecule has 0 saturated carbocycles. The lowest BCUT2D eigenvalue weighted by atomic mass is 10.1. The van der Waals surface area contributed by atoms with Gasteiger partial charge in [-0.1, -0.05) is 12.1 Å². The molecule has 0 spiro atoms. The third kappa shape index (κ3) is 2.98. The molecule has 25 heavy (non-hydrogen) atoms. The number of imidazole rings is 1. The van der Waals surface area contributed by atoms with Crippen LogP contribution in [0.3, 0.4) is 0 Å². The van der Waals surface area contributed by atoms with Crippen molar-refractivity contribution >= 4 is 16.9 Å². The minimum absolute atomic E-state index is 0.312. The smallest absolute Gasteiger partial charge is 0.146 e. The molecule has 0 amide bonds. The van der Waals surface area contributed by atoms with Crippen LogP contribution in [0.5, 0.6) is 0 Å². The number of rotatable bonds is 4. The zero-order chi connectivity index (χ0) is 17.4. The van der Waals surface area contributed by atoms with E-state index in [1.807, 2.05) is 37.5 Å². The van der Waals surface area contributed by atoms with Crippen molar-refractivity contribution in [1.29, 1.82) is 0 Å². The minimum Gasteiger partial charge on any atom is -0.361 e. The molecule has 1 aliphatic heterocycles. The van der Waals surface area contributed by atoms with Gasteiger partial charge in [0.05, 0.1) is 41.7 Å². The Balaban J connectivity index is 1.61. The molecule has 0 aliphatic carbocycles. The van der Waals surface area contributed by atoms with Crippen LogP contribution in [0.2, 0.25) is 0 Å². The largest absolute Gasteiger partial charge is 0.361 e. The summed E-state index contributed by atoms with van der Waals surface area (Å²) in [5.74, 6) is 2.01. The summed E-state index contributed by atoms with van der Waals surface area (Å²) in [5.41, 5.74) is 3.30. The maximum atomic E-state index is 4.83. The summed E-state index contributed by atoms with van der Waals surface area (Å²) in [4.78, 5) is 18.5. The predicted octanol–water partition coefficient (Wildman–Crippen LogP) is 2.77. The van der Waals surface area contributed by atoms with Gasteiger partial charge < -0.3 is 9.47 Å². The predicted molar refractivity (Wildman–Crippen MR) is 99.5 cm³/mol. The van der Waals surface area contributed by atoms with E-state index in [2.05, 4.69) is 39.7 Å². The molecule has 1 aromatic carbocycles. The van der Waals surface area contributed by atoms with Crippen molar-refractivity contribution in [3.8, 4) is 0 Å². The monoisotopic (exact) mass is 336 g/mol. The number of fused-ring (bicyclic) bond motifs is 1. The maximum Gasteiger partial charge on any atom is 0.146 e. The van der Waals surface area contributed by atoms with E-state index in [9.17, 15) is 0 Å². The van der Waals surface area contributed by atoms with Crippen LogP contribution in [0, 0.1) is 0 Å². The Morgan fingerprint density at radius 1 is 1.16 bits per heavy atom. The zero-order valence-electron chi connectivity index (χ0n) is 15.1. The van der Waals surface area contributed by atoms with Gasteiger partial charge >= 0.3 is 0 Å². The molecule has 130 valence electrons. The molecule has 6 nitrogen and oxygen atoms in total. The van der Waals surface area contributed by atoms with E-state index >= 15 is 0 Å². The van der Waals surface area contributed by atoms with Gasteiger partial charge in [0, 0.05) is 21.1 Å². The number of hydrogen-bond donors (Lipinski definition) is 0. The Morgan fingerprint density at radius 3 is 2.80 bits per heavy atom. The quantitative estimate of drug-likeness (QED) is 0.733. The summed E-state index contributed by atoms with van der Waals surface area (Å²) in [6, 6.07) is 8.62. The molecule has 0 radical (unpaired) electrons. The van der Waals surface area contributed by atoms with E-state index in [1.54, 1.807) is 0 Å². The topological polar surface area (TPSA) is 50.1 Å². The molecule has 4 rings (SSSR count). The Labute approximate surface area is 148 Å². The Hall–Kier alpha value is -2.47. The molecule has 0 N–H and O–H groups in total. The summed E-state index contributed by atoms with van der Waals surface area (Å²) in [5, 5.41) is 0. The van der Waals surface area contributed by atoms with E-state index in [1.165, 1.54) is 11.9 Å². The van der Waals surface area contributed by atoms with E-state index in [0.29, 0.717) is 6.04 Å². The van der Waals surface area contributed by atoms with Crippen LogP contribution < -0.4 is 4.90 Å². The maximum absolute atomic E-state index is 4.83. The summed E-state index contributed by atoms with van der Waals surface area (Å²) >= 11 is 0. The van der Waals surface area contributed by atoms with Gasteiger partial charge in [-0.2, -0.15) is 0 Å². The zero-order valence-corrected chi connectivity index (χ0v) is 15.1. The second-order valence-electron chi connectivity index (χ2n) is 6.90. The number of hydrogen-bond acceptors (Lipinski definition) is 5. The third-order valence-corrected chi connectivity index (χ3v) is 5.03. The fourth-order valence-electron chi connectivity index (χ4n) is 3.62. The van der Waals surface area contributed by atoms with Gasteiger partial charge in [-0.25, -0.2) is 9.97 Å². The molecular formula is C19H24N6. The molecule has 1 fully saturated rings. The molecule has 0 bridgehead atoms. The minimum atomic E-state index is 0.312. The van der Waals surface area contributed by atoms with Crippen molar-refractivity contribution in [2.45, 2.75) is 25.4 Å². The average Bonchev–Trinajstić information content (AvgIpc) is 3.21. The second-order valence-corrected chi connectivity index (χ2v) is 6.90. The molecule has 3 heterocycles. The van der Waals surface area contributed by atoms with Crippen LogP contribution in [0.4, 0.5) is 5.82 Å². The van der Waals surface area contributed by atoms with Crippen molar-refractivity contribution in [1.82, 2.24) is 24.4 Å². The Morgan fingerprint density at radius 2 is 2.00 bits per heavy atom. The Bertz CT molecular complexity index is 885. The summed E-state index contributed by atoms with van der Waals surface area (Å²) < 4.78 is 2.20. The number of anilines is 1. The number of benzene rings is 1. The first-order chi connectivity index (χ1) is 12.1. The average molecular weight is 336 g/mol. The molecule has 1 unspecified atom stereocenters. The third-order valence-electron chi connectivity index (χ3n) is 5.03. The number of likely N-dealkylation sites (tertiary alicyclic amines) is 1. The van der Waals surface area contributed by atoms with E-state index in [4.69, 9.17) is 9.97 Å². The van der Waals surface area contributed by atoms with Crippen molar-refractivity contribution in [3.63, 3.8) is 0 Å². The summed E-state index contributed by atoms with van der Waals surface area (Å²) in [6.07, 6.45) is 6.02. The number of aromatic nitrogens is 4. The molecule has 1 saturated heterocycles. The fourth-order valence-corrected chi connectivity index (χ4v) is 3.62. The first-order valence-corrected chi connectivity index (χ1v) is 8.77. The number of para-hydroxylation sites is 2. The highest BCUT2D eigenvalue weighted by atomic mass is 15.2. The summed E-state index contributed by atoms with van der Waals surface area (Å²) in [7, 11) is 6.10. The van der Waals surface area contributed by atoms with Gasteiger partial charge in [0.1, 0.15) is 11.6 Å². The van der Waals surface area contributed by atoms with Gasteiger partial charge in [-0.15, -0.1) is 0 Å². The lowest BCUT2D eigenvalue weighted by Gasteiger charge is -2.24.